The van der Waals surface area contributed by atoms with Gasteiger partial charge in [0.25, 0.3) is 0 Å². The second kappa shape index (κ2) is 13.2. The van der Waals surface area contributed by atoms with E-state index in [1.54, 1.807) is 59.6 Å². The third-order valence-corrected chi connectivity index (χ3v) is 6.06. The Labute approximate surface area is 222 Å². The smallest absolute Gasteiger partial charge is 0.341 e. The SMILES string of the molecule is COC(=O)c1c(OCc2ccc(OC)cc2OC)cc(OCc2ccc(OC)cc2OC)c(C)c1CC=O. The summed E-state index contributed by atoms with van der Waals surface area (Å²) in [5.74, 6) is 2.50. The Kier molecular flexibility index (Phi) is 9.81. The molecule has 3 rings (SSSR count). The average Bonchev–Trinajstić information content (AvgIpc) is 2.95. The molecule has 3 aromatic rings. The molecule has 0 saturated carbocycles. The summed E-state index contributed by atoms with van der Waals surface area (Å²) < 4.78 is 38.7. The summed E-state index contributed by atoms with van der Waals surface area (Å²) >= 11 is 0. The molecule has 0 saturated heterocycles. The Morgan fingerprint density at radius 2 is 1.24 bits per heavy atom. The first-order chi connectivity index (χ1) is 18.4. The van der Waals surface area contributed by atoms with Crippen molar-refractivity contribution in [1.29, 1.82) is 0 Å². The fourth-order valence-electron chi connectivity index (χ4n) is 3.97. The molecule has 9 nitrogen and oxygen atoms in total. The molecule has 0 atom stereocenters. The number of carbonyl (C=O) groups is 2. The van der Waals surface area contributed by atoms with Crippen LogP contribution in [0.5, 0.6) is 34.5 Å². The molecule has 0 radical (unpaired) electrons. The van der Waals surface area contributed by atoms with E-state index in [1.807, 2.05) is 18.2 Å². The number of aldehydes is 1. The lowest BCUT2D eigenvalue weighted by Crippen LogP contribution is -2.13. The van der Waals surface area contributed by atoms with Crippen molar-refractivity contribution in [2.75, 3.05) is 35.5 Å². The zero-order valence-electron chi connectivity index (χ0n) is 22.4. The Morgan fingerprint density at radius 1 is 0.711 bits per heavy atom. The number of ether oxygens (including phenoxy) is 7. The van der Waals surface area contributed by atoms with Crippen LogP contribution in [0.15, 0.2) is 42.5 Å². The summed E-state index contributed by atoms with van der Waals surface area (Å²) in [6.45, 7) is 2.02. The first-order valence-corrected chi connectivity index (χ1v) is 11.8. The number of hydrogen-bond acceptors (Lipinski definition) is 9. The van der Waals surface area contributed by atoms with Gasteiger partial charge in [0.05, 0.1) is 35.5 Å². The van der Waals surface area contributed by atoms with Gasteiger partial charge in [0, 0.05) is 35.7 Å². The van der Waals surface area contributed by atoms with E-state index in [1.165, 1.54) is 7.11 Å². The Bertz CT molecular complexity index is 1280. The number of esters is 1. The topological polar surface area (TPSA) is 98.8 Å². The van der Waals surface area contributed by atoms with Crippen molar-refractivity contribution in [3.8, 4) is 34.5 Å². The second-order valence-corrected chi connectivity index (χ2v) is 8.15. The van der Waals surface area contributed by atoms with E-state index in [-0.39, 0.29) is 30.9 Å². The minimum Gasteiger partial charge on any atom is -0.497 e. The number of methoxy groups -OCH3 is 5. The van der Waals surface area contributed by atoms with Crippen LogP contribution < -0.4 is 28.4 Å². The number of benzene rings is 3. The molecule has 9 heteroatoms. The lowest BCUT2D eigenvalue weighted by atomic mass is 9.97. The van der Waals surface area contributed by atoms with E-state index in [0.29, 0.717) is 39.9 Å². The third kappa shape index (κ3) is 6.29. The van der Waals surface area contributed by atoms with Gasteiger partial charge in [-0.3, -0.25) is 0 Å². The molecule has 38 heavy (non-hydrogen) atoms. The zero-order chi connectivity index (χ0) is 27.7. The Balaban J connectivity index is 2.01. The Morgan fingerprint density at radius 3 is 1.68 bits per heavy atom. The average molecular weight is 525 g/mol. The maximum Gasteiger partial charge on any atom is 0.341 e. The molecule has 0 fully saturated rings. The van der Waals surface area contributed by atoms with E-state index < -0.39 is 5.97 Å². The lowest BCUT2D eigenvalue weighted by molar-refractivity contribution is -0.107. The van der Waals surface area contributed by atoms with Crippen LogP contribution in [0.25, 0.3) is 0 Å². The maximum absolute atomic E-state index is 12.8. The third-order valence-electron chi connectivity index (χ3n) is 6.06. The van der Waals surface area contributed by atoms with Gasteiger partial charge in [0.15, 0.2) is 0 Å². The monoisotopic (exact) mass is 524 g/mol. The predicted octanol–water partition coefficient (Wildman–Crippen LogP) is 4.72. The summed E-state index contributed by atoms with van der Waals surface area (Å²) in [5, 5.41) is 0. The molecule has 202 valence electrons. The highest BCUT2D eigenvalue weighted by molar-refractivity contribution is 5.96. The van der Waals surface area contributed by atoms with Gasteiger partial charge in [-0.1, -0.05) is 0 Å². The highest BCUT2D eigenvalue weighted by Gasteiger charge is 2.24. The number of carbonyl (C=O) groups excluding carboxylic acids is 2. The van der Waals surface area contributed by atoms with Gasteiger partial charge in [0.1, 0.15) is 59.6 Å². The van der Waals surface area contributed by atoms with Crippen LogP contribution in [-0.2, 0) is 29.2 Å². The van der Waals surface area contributed by atoms with Crippen molar-refractivity contribution in [3.63, 3.8) is 0 Å². The van der Waals surface area contributed by atoms with Gasteiger partial charge < -0.3 is 38.0 Å². The normalized spacial score (nSPS) is 10.4. The fourth-order valence-corrected chi connectivity index (χ4v) is 3.97. The number of rotatable bonds is 13. The molecular formula is C29H32O9. The summed E-state index contributed by atoms with van der Waals surface area (Å²) in [6, 6.07) is 12.4. The fraction of sp³-hybridized carbons (Fsp3) is 0.310. The van der Waals surface area contributed by atoms with E-state index in [9.17, 15) is 9.59 Å². The zero-order valence-corrected chi connectivity index (χ0v) is 22.4. The second-order valence-electron chi connectivity index (χ2n) is 8.15. The molecule has 0 amide bonds. The molecule has 0 aliphatic heterocycles. The molecule has 0 spiro atoms. The van der Waals surface area contributed by atoms with Crippen molar-refractivity contribution in [2.45, 2.75) is 26.6 Å². The van der Waals surface area contributed by atoms with Crippen molar-refractivity contribution >= 4 is 12.3 Å². The van der Waals surface area contributed by atoms with Crippen LogP contribution in [0.4, 0.5) is 0 Å². The summed E-state index contributed by atoms with van der Waals surface area (Å²) in [6.07, 6.45) is 0.697. The molecule has 0 heterocycles. The van der Waals surface area contributed by atoms with E-state index in [2.05, 4.69) is 0 Å². The molecule has 0 bridgehead atoms. The largest absolute Gasteiger partial charge is 0.497 e. The van der Waals surface area contributed by atoms with Crippen LogP contribution in [0.2, 0.25) is 0 Å². The van der Waals surface area contributed by atoms with Crippen molar-refractivity contribution in [2.24, 2.45) is 0 Å². The standard InChI is InChI=1S/C29H32O9/c1-18-23(11-12-30)28(29(31)36-6)27(38-17-20-8-10-22(33-3)14-26(20)35-5)15-24(18)37-16-19-7-9-21(32-2)13-25(19)34-4/h7-10,12-15H,11,16-17H2,1-6H3. The first-order valence-electron chi connectivity index (χ1n) is 11.8. The van der Waals surface area contributed by atoms with Crippen molar-refractivity contribution < 1.29 is 42.7 Å². The maximum atomic E-state index is 12.8. The van der Waals surface area contributed by atoms with Gasteiger partial charge in [-0.15, -0.1) is 0 Å². The summed E-state index contributed by atoms with van der Waals surface area (Å²) in [7, 11) is 7.53. The van der Waals surface area contributed by atoms with Crippen LogP contribution in [0.1, 0.15) is 32.6 Å². The van der Waals surface area contributed by atoms with Crippen LogP contribution >= 0.6 is 0 Å². The first kappa shape index (κ1) is 28.2. The molecule has 0 aliphatic carbocycles. The van der Waals surface area contributed by atoms with E-state index in [4.69, 9.17) is 33.2 Å². The molecule has 0 aliphatic rings. The van der Waals surface area contributed by atoms with Gasteiger partial charge in [0.2, 0.25) is 0 Å². The van der Waals surface area contributed by atoms with E-state index >= 15 is 0 Å². The Hall–Kier alpha value is -4.40. The molecule has 0 aromatic heterocycles. The lowest BCUT2D eigenvalue weighted by Gasteiger charge is -2.20. The van der Waals surface area contributed by atoms with Crippen molar-refractivity contribution in [3.05, 3.63) is 70.3 Å². The van der Waals surface area contributed by atoms with E-state index in [0.717, 1.165) is 17.4 Å². The van der Waals surface area contributed by atoms with Gasteiger partial charge in [-0.25, -0.2) is 4.79 Å². The minimum absolute atomic E-state index is 0.0262. The van der Waals surface area contributed by atoms with Crippen LogP contribution in [0, 0.1) is 6.92 Å². The molecule has 0 unspecified atom stereocenters. The summed E-state index contributed by atoms with van der Waals surface area (Å²) in [4.78, 5) is 24.4. The minimum atomic E-state index is -0.620. The molecule has 3 aromatic carbocycles. The van der Waals surface area contributed by atoms with Crippen LogP contribution in [-0.4, -0.2) is 47.8 Å². The van der Waals surface area contributed by atoms with Crippen LogP contribution in [0.3, 0.4) is 0 Å². The highest BCUT2D eigenvalue weighted by Crippen LogP contribution is 2.36. The van der Waals surface area contributed by atoms with Gasteiger partial charge in [-0.2, -0.15) is 0 Å². The quantitative estimate of drug-likeness (QED) is 0.232. The van der Waals surface area contributed by atoms with Gasteiger partial charge in [-0.05, 0) is 42.3 Å². The van der Waals surface area contributed by atoms with Crippen molar-refractivity contribution in [1.82, 2.24) is 0 Å². The highest BCUT2D eigenvalue weighted by atomic mass is 16.5. The molecular weight excluding hydrogens is 492 g/mol. The predicted molar refractivity (Wildman–Crippen MR) is 140 cm³/mol. The molecule has 0 N–H and O–H groups in total. The van der Waals surface area contributed by atoms with Gasteiger partial charge >= 0.3 is 5.97 Å². The number of hydrogen-bond donors (Lipinski definition) is 0. The summed E-state index contributed by atoms with van der Waals surface area (Å²) in [5.41, 5.74) is 2.76.